The standard InChI is InChI=1S/C28H31N5O3/c1-2-36-27(35)21-7-5-20(6-8-21)25-13-16-29-28(31-25)30-22-9-11-23(12-10-22)32-18-14-24(15-19-32)33-17-3-4-26(33)34/h5-13,16,24H,2-4,14-15,17-19H2,1H3,(H,29,30,31). The van der Waals surface area contributed by atoms with Crippen LogP contribution in [0.1, 0.15) is 43.0 Å². The molecule has 0 radical (unpaired) electrons. The molecule has 8 heteroatoms. The van der Waals surface area contributed by atoms with Crippen LogP contribution >= 0.6 is 0 Å². The summed E-state index contributed by atoms with van der Waals surface area (Å²) in [5, 5.41) is 3.28. The molecule has 0 bridgehead atoms. The van der Waals surface area contributed by atoms with E-state index < -0.39 is 0 Å². The molecule has 8 nitrogen and oxygen atoms in total. The van der Waals surface area contributed by atoms with Crippen molar-refractivity contribution in [2.45, 2.75) is 38.6 Å². The van der Waals surface area contributed by atoms with E-state index in [1.807, 2.05) is 30.3 Å². The molecule has 5 rings (SSSR count). The summed E-state index contributed by atoms with van der Waals surface area (Å²) in [5.41, 5.74) is 4.26. The number of amides is 1. The molecule has 1 N–H and O–H groups in total. The highest BCUT2D eigenvalue weighted by atomic mass is 16.5. The zero-order valence-electron chi connectivity index (χ0n) is 20.5. The predicted molar refractivity (Wildman–Crippen MR) is 139 cm³/mol. The topological polar surface area (TPSA) is 87.7 Å². The second kappa shape index (κ2) is 10.8. The van der Waals surface area contributed by atoms with Crippen molar-refractivity contribution in [1.82, 2.24) is 14.9 Å². The van der Waals surface area contributed by atoms with Crippen LogP contribution in [-0.4, -0.2) is 59.0 Å². The Morgan fingerprint density at radius 2 is 1.78 bits per heavy atom. The zero-order valence-corrected chi connectivity index (χ0v) is 20.5. The SMILES string of the molecule is CCOC(=O)c1ccc(-c2ccnc(Nc3ccc(N4CCC(N5CCCC5=O)CC4)cc3)n2)cc1. The van der Waals surface area contributed by atoms with E-state index in [1.165, 1.54) is 5.69 Å². The molecule has 0 unspecified atom stereocenters. The van der Waals surface area contributed by atoms with Gasteiger partial charge in [0.1, 0.15) is 0 Å². The normalized spacial score (nSPS) is 16.3. The number of carbonyl (C=O) groups excluding carboxylic acids is 2. The van der Waals surface area contributed by atoms with Crippen molar-refractivity contribution in [3.05, 3.63) is 66.4 Å². The molecule has 0 atom stereocenters. The van der Waals surface area contributed by atoms with E-state index in [0.717, 1.165) is 55.8 Å². The summed E-state index contributed by atoms with van der Waals surface area (Å²) in [7, 11) is 0. The highest BCUT2D eigenvalue weighted by Gasteiger charge is 2.30. The van der Waals surface area contributed by atoms with Crippen LogP contribution in [-0.2, 0) is 9.53 Å². The van der Waals surface area contributed by atoms with Crippen molar-refractivity contribution in [3.8, 4) is 11.3 Å². The Balaban J connectivity index is 1.19. The summed E-state index contributed by atoms with van der Waals surface area (Å²) < 4.78 is 5.04. The van der Waals surface area contributed by atoms with Gasteiger partial charge >= 0.3 is 5.97 Å². The van der Waals surface area contributed by atoms with Gasteiger partial charge in [-0.2, -0.15) is 0 Å². The van der Waals surface area contributed by atoms with E-state index in [1.54, 1.807) is 25.3 Å². The highest BCUT2D eigenvalue weighted by Crippen LogP contribution is 2.27. The van der Waals surface area contributed by atoms with Gasteiger partial charge in [-0.15, -0.1) is 0 Å². The lowest BCUT2D eigenvalue weighted by Crippen LogP contribution is -2.45. The number of piperidine rings is 1. The molecule has 2 aliphatic rings. The number of aromatic nitrogens is 2. The summed E-state index contributed by atoms with van der Waals surface area (Å²) in [4.78, 5) is 37.4. The van der Waals surface area contributed by atoms with Crippen molar-refractivity contribution in [2.24, 2.45) is 0 Å². The van der Waals surface area contributed by atoms with Crippen LogP contribution in [0.2, 0.25) is 0 Å². The first-order valence-electron chi connectivity index (χ1n) is 12.6. The number of nitrogens with zero attached hydrogens (tertiary/aromatic N) is 4. The van der Waals surface area contributed by atoms with Crippen molar-refractivity contribution in [3.63, 3.8) is 0 Å². The molecule has 1 amide bonds. The minimum atomic E-state index is -0.330. The number of anilines is 3. The summed E-state index contributed by atoms with van der Waals surface area (Å²) in [6, 6.07) is 17.7. The molecule has 0 spiro atoms. The smallest absolute Gasteiger partial charge is 0.338 e. The van der Waals surface area contributed by atoms with Crippen molar-refractivity contribution in [1.29, 1.82) is 0 Å². The monoisotopic (exact) mass is 485 g/mol. The summed E-state index contributed by atoms with van der Waals surface area (Å²) in [6.45, 7) is 4.98. The molecule has 0 saturated carbocycles. The van der Waals surface area contributed by atoms with Crippen LogP contribution in [0.4, 0.5) is 17.3 Å². The summed E-state index contributed by atoms with van der Waals surface area (Å²) in [6.07, 6.45) is 5.47. The van der Waals surface area contributed by atoms with Gasteiger partial charge in [-0.3, -0.25) is 4.79 Å². The molecule has 2 aliphatic heterocycles. The van der Waals surface area contributed by atoms with Crippen molar-refractivity contribution >= 4 is 29.2 Å². The van der Waals surface area contributed by atoms with Gasteiger partial charge in [-0.25, -0.2) is 14.8 Å². The third-order valence-electron chi connectivity index (χ3n) is 6.85. The Labute approximate surface area is 211 Å². The minimum Gasteiger partial charge on any atom is -0.462 e. The van der Waals surface area contributed by atoms with Gasteiger partial charge in [0.2, 0.25) is 11.9 Å². The molecular weight excluding hydrogens is 454 g/mol. The van der Waals surface area contributed by atoms with Gasteiger partial charge in [0.25, 0.3) is 0 Å². The van der Waals surface area contributed by atoms with Gasteiger partial charge < -0.3 is 19.9 Å². The molecule has 186 valence electrons. The number of carbonyl (C=O) groups is 2. The molecule has 0 aliphatic carbocycles. The van der Waals surface area contributed by atoms with Gasteiger partial charge in [0, 0.05) is 55.2 Å². The minimum absolute atomic E-state index is 0.323. The van der Waals surface area contributed by atoms with E-state index in [0.29, 0.717) is 36.5 Å². The van der Waals surface area contributed by atoms with Gasteiger partial charge in [0.05, 0.1) is 17.9 Å². The fraction of sp³-hybridized carbons (Fsp3) is 0.357. The highest BCUT2D eigenvalue weighted by molar-refractivity contribution is 5.90. The van der Waals surface area contributed by atoms with Gasteiger partial charge in [0.15, 0.2) is 0 Å². The largest absolute Gasteiger partial charge is 0.462 e. The Morgan fingerprint density at radius 3 is 2.44 bits per heavy atom. The average Bonchev–Trinajstić information content (AvgIpc) is 3.35. The molecule has 36 heavy (non-hydrogen) atoms. The fourth-order valence-electron chi connectivity index (χ4n) is 4.95. The first-order valence-corrected chi connectivity index (χ1v) is 12.6. The summed E-state index contributed by atoms with van der Waals surface area (Å²) >= 11 is 0. The average molecular weight is 486 g/mol. The van der Waals surface area contributed by atoms with Crippen LogP contribution < -0.4 is 10.2 Å². The Bertz CT molecular complexity index is 1200. The summed E-state index contributed by atoms with van der Waals surface area (Å²) in [5.74, 6) is 0.498. The number of likely N-dealkylation sites (tertiary alicyclic amines) is 1. The van der Waals surface area contributed by atoms with Gasteiger partial charge in [-0.05, 0) is 68.7 Å². The Morgan fingerprint density at radius 1 is 1.03 bits per heavy atom. The van der Waals surface area contributed by atoms with Crippen LogP contribution in [0.25, 0.3) is 11.3 Å². The second-order valence-corrected chi connectivity index (χ2v) is 9.14. The molecule has 2 saturated heterocycles. The molecule has 1 aromatic heterocycles. The first kappa shape index (κ1) is 23.8. The number of nitrogens with one attached hydrogen (secondary N) is 1. The van der Waals surface area contributed by atoms with Crippen LogP contribution in [0, 0.1) is 0 Å². The van der Waals surface area contributed by atoms with Crippen LogP contribution in [0.5, 0.6) is 0 Å². The van der Waals surface area contributed by atoms with Crippen LogP contribution in [0.15, 0.2) is 60.8 Å². The number of ether oxygens (including phenoxy) is 1. The van der Waals surface area contributed by atoms with E-state index in [9.17, 15) is 9.59 Å². The molecule has 3 aromatic rings. The number of rotatable bonds is 7. The van der Waals surface area contributed by atoms with E-state index in [-0.39, 0.29) is 5.97 Å². The fourth-order valence-corrected chi connectivity index (χ4v) is 4.95. The van der Waals surface area contributed by atoms with Crippen molar-refractivity contribution in [2.75, 3.05) is 36.5 Å². The lowest BCUT2D eigenvalue weighted by atomic mass is 10.0. The lowest BCUT2D eigenvalue weighted by Gasteiger charge is -2.37. The molecule has 2 aromatic carbocycles. The maximum atomic E-state index is 12.1. The maximum Gasteiger partial charge on any atom is 0.338 e. The lowest BCUT2D eigenvalue weighted by molar-refractivity contribution is -0.130. The quantitative estimate of drug-likeness (QED) is 0.487. The Hall–Kier alpha value is -3.94. The van der Waals surface area contributed by atoms with Crippen molar-refractivity contribution < 1.29 is 14.3 Å². The first-order chi connectivity index (χ1) is 17.6. The van der Waals surface area contributed by atoms with E-state index in [4.69, 9.17) is 4.74 Å². The third-order valence-corrected chi connectivity index (χ3v) is 6.85. The number of hydrogen-bond donors (Lipinski definition) is 1. The molecule has 2 fully saturated rings. The Kier molecular flexibility index (Phi) is 7.11. The van der Waals surface area contributed by atoms with E-state index in [2.05, 4.69) is 37.2 Å². The van der Waals surface area contributed by atoms with Crippen LogP contribution in [0.3, 0.4) is 0 Å². The number of benzene rings is 2. The third kappa shape index (κ3) is 5.32. The van der Waals surface area contributed by atoms with Gasteiger partial charge in [-0.1, -0.05) is 12.1 Å². The zero-order chi connectivity index (χ0) is 24.9. The predicted octanol–water partition coefficient (Wildman–Crippen LogP) is 4.66. The number of hydrogen-bond acceptors (Lipinski definition) is 7. The second-order valence-electron chi connectivity index (χ2n) is 9.14. The maximum absolute atomic E-state index is 12.1. The molecule has 3 heterocycles. The number of esters is 1. The molecular formula is C28H31N5O3. The van der Waals surface area contributed by atoms with E-state index >= 15 is 0 Å².